The number of ether oxygens (including phenoxy) is 1. The highest BCUT2D eigenvalue weighted by Crippen LogP contribution is 2.35. The van der Waals surface area contributed by atoms with E-state index in [4.69, 9.17) is 16.3 Å². The smallest absolute Gasteiger partial charge is 0.420 e. The van der Waals surface area contributed by atoms with Gasteiger partial charge in [0.2, 0.25) is 5.28 Å². The van der Waals surface area contributed by atoms with Gasteiger partial charge >= 0.3 is 6.09 Å². The van der Waals surface area contributed by atoms with Crippen LogP contribution in [0.4, 0.5) is 16.3 Å². The molecule has 1 aromatic carbocycles. The van der Waals surface area contributed by atoms with Crippen molar-refractivity contribution >= 4 is 29.2 Å². The molecule has 0 atom stereocenters. The zero-order valence-electron chi connectivity index (χ0n) is 17.3. The summed E-state index contributed by atoms with van der Waals surface area (Å²) < 4.78 is 5.64. The monoisotopic (exact) mass is 400 g/mol. The molecule has 148 valence electrons. The molecule has 0 fully saturated rings. The molecule has 0 aliphatic rings. The van der Waals surface area contributed by atoms with Crippen LogP contribution in [0.2, 0.25) is 5.28 Å². The lowest BCUT2D eigenvalue weighted by atomic mass is 10.0. The number of carbonyl (C=O) groups excluding carboxylic acids is 1. The third-order valence-corrected chi connectivity index (χ3v) is 4.07. The Bertz CT molecular complexity index is 943. The van der Waals surface area contributed by atoms with Gasteiger partial charge in [0, 0.05) is 11.3 Å². The quantitative estimate of drug-likeness (QED) is 0.607. The van der Waals surface area contributed by atoms with Gasteiger partial charge in [0.15, 0.2) is 5.82 Å². The molecular formula is C21H25ClN4O2. The van der Waals surface area contributed by atoms with Crippen LogP contribution in [0.5, 0.6) is 0 Å². The zero-order chi connectivity index (χ0) is 21.2. The van der Waals surface area contributed by atoms with Crippen molar-refractivity contribution in [2.45, 2.75) is 60.0 Å². The summed E-state index contributed by atoms with van der Waals surface area (Å²) in [6, 6.07) is 7.31. The van der Waals surface area contributed by atoms with Gasteiger partial charge in [-0.1, -0.05) is 13.8 Å². The predicted octanol–water partition coefficient (Wildman–Crippen LogP) is 5.82. The number of nitrogens with zero attached hydrogens (tertiary/aromatic N) is 4. The first-order valence-corrected chi connectivity index (χ1v) is 9.39. The number of anilines is 2. The van der Waals surface area contributed by atoms with Gasteiger partial charge < -0.3 is 4.74 Å². The van der Waals surface area contributed by atoms with E-state index in [-0.39, 0.29) is 11.2 Å². The Hall–Kier alpha value is -2.65. The lowest BCUT2D eigenvalue weighted by Gasteiger charge is -2.29. The summed E-state index contributed by atoms with van der Waals surface area (Å²) in [5.74, 6) is 0.397. The Labute approximate surface area is 171 Å². The fourth-order valence-electron chi connectivity index (χ4n) is 2.96. The zero-order valence-corrected chi connectivity index (χ0v) is 18.0. The second kappa shape index (κ2) is 8.15. The van der Waals surface area contributed by atoms with E-state index in [1.807, 2.05) is 27.7 Å². The molecule has 0 bridgehead atoms. The molecule has 0 radical (unpaired) electrons. The highest BCUT2D eigenvalue weighted by Gasteiger charge is 2.30. The number of amides is 1. The fourth-order valence-corrected chi connectivity index (χ4v) is 3.16. The third-order valence-electron chi connectivity index (χ3n) is 3.90. The van der Waals surface area contributed by atoms with E-state index < -0.39 is 11.7 Å². The molecule has 0 aliphatic heterocycles. The van der Waals surface area contributed by atoms with Crippen molar-refractivity contribution < 1.29 is 9.53 Å². The first-order chi connectivity index (χ1) is 12.9. The molecule has 28 heavy (non-hydrogen) atoms. The largest absolute Gasteiger partial charge is 0.443 e. The summed E-state index contributed by atoms with van der Waals surface area (Å²) in [4.78, 5) is 23.2. The van der Waals surface area contributed by atoms with Gasteiger partial charge in [0.1, 0.15) is 5.60 Å². The number of benzene rings is 1. The number of hydrogen-bond donors (Lipinski definition) is 0. The summed E-state index contributed by atoms with van der Waals surface area (Å²) in [5.41, 5.74) is 2.53. The topological polar surface area (TPSA) is 79.1 Å². The van der Waals surface area contributed by atoms with Crippen LogP contribution in [0, 0.1) is 25.2 Å². The molecule has 2 rings (SSSR count). The van der Waals surface area contributed by atoms with E-state index in [1.54, 1.807) is 39.0 Å². The van der Waals surface area contributed by atoms with Crippen molar-refractivity contribution in [3.05, 3.63) is 45.9 Å². The first-order valence-electron chi connectivity index (χ1n) is 9.02. The SMILES string of the molecule is Cc1cc(C#N)cc(N(C(=O)OC(C)(C)C)c2nc(Cl)nc(C)c2C(C)C)c1. The van der Waals surface area contributed by atoms with Crippen LogP contribution in [0.3, 0.4) is 0 Å². The van der Waals surface area contributed by atoms with Crippen LogP contribution in [0.15, 0.2) is 18.2 Å². The molecule has 1 aromatic heterocycles. The molecule has 0 N–H and O–H groups in total. The number of rotatable bonds is 3. The van der Waals surface area contributed by atoms with E-state index in [1.165, 1.54) is 4.90 Å². The fraction of sp³-hybridized carbons (Fsp3) is 0.429. The van der Waals surface area contributed by atoms with Crippen molar-refractivity contribution in [2.75, 3.05) is 4.90 Å². The van der Waals surface area contributed by atoms with Gasteiger partial charge in [-0.05, 0) is 75.9 Å². The highest BCUT2D eigenvalue weighted by molar-refractivity contribution is 6.28. The van der Waals surface area contributed by atoms with Crippen LogP contribution in [0.25, 0.3) is 0 Å². The van der Waals surface area contributed by atoms with Gasteiger partial charge in [-0.25, -0.2) is 14.7 Å². The molecule has 0 saturated carbocycles. The molecular weight excluding hydrogens is 376 g/mol. The Morgan fingerprint density at radius 2 is 1.86 bits per heavy atom. The average molecular weight is 401 g/mol. The number of aromatic nitrogens is 2. The van der Waals surface area contributed by atoms with Crippen LogP contribution in [-0.2, 0) is 4.74 Å². The summed E-state index contributed by atoms with van der Waals surface area (Å²) in [6.45, 7) is 13.1. The summed E-state index contributed by atoms with van der Waals surface area (Å²) in [5, 5.41) is 9.40. The van der Waals surface area contributed by atoms with Gasteiger partial charge in [-0.15, -0.1) is 0 Å². The standard InChI is InChI=1S/C21H25ClN4O2/c1-12(2)17-14(4)24-19(22)25-18(17)26(20(27)28-21(5,6)7)16-9-13(3)8-15(10-16)11-23/h8-10,12H,1-7H3. The maximum absolute atomic E-state index is 13.2. The van der Waals surface area contributed by atoms with Crippen molar-refractivity contribution in [2.24, 2.45) is 0 Å². The average Bonchev–Trinajstić information content (AvgIpc) is 2.51. The summed E-state index contributed by atoms with van der Waals surface area (Å²) in [7, 11) is 0. The Morgan fingerprint density at radius 3 is 2.39 bits per heavy atom. The number of nitriles is 1. The molecule has 6 nitrogen and oxygen atoms in total. The van der Waals surface area contributed by atoms with Gasteiger partial charge in [0.25, 0.3) is 0 Å². The van der Waals surface area contributed by atoms with E-state index in [2.05, 4.69) is 16.0 Å². The molecule has 0 saturated heterocycles. The van der Waals surface area contributed by atoms with E-state index in [0.717, 1.165) is 11.1 Å². The number of carbonyl (C=O) groups is 1. The Morgan fingerprint density at radius 1 is 1.21 bits per heavy atom. The lowest BCUT2D eigenvalue weighted by molar-refractivity contribution is 0.0598. The minimum Gasteiger partial charge on any atom is -0.443 e. The van der Waals surface area contributed by atoms with Gasteiger partial charge in [-0.2, -0.15) is 10.2 Å². The van der Waals surface area contributed by atoms with Crippen molar-refractivity contribution in [3.8, 4) is 6.07 Å². The molecule has 1 heterocycles. The maximum atomic E-state index is 13.2. The molecule has 7 heteroatoms. The number of aryl methyl sites for hydroxylation is 2. The van der Waals surface area contributed by atoms with Crippen LogP contribution in [0.1, 0.15) is 62.9 Å². The highest BCUT2D eigenvalue weighted by atomic mass is 35.5. The third kappa shape index (κ3) is 4.99. The van der Waals surface area contributed by atoms with Crippen LogP contribution < -0.4 is 4.90 Å². The Balaban J connectivity index is 2.79. The lowest BCUT2D eigenvalue weighted by Crippen LogP contribution is -2.35. The van der Waals surface area contributed by atoms with Crippen molar-refractivity contribution in [1.29, 1.82) is 5.26 Å². The van der Waals surface area contributed by atoms with E-state index in [9.17, 15) is 10.1 Å². The maximum Gasteiger partial charge on any atom is 0.420 e. The van der Waals surface area contributed by atoms with Gasteiger partial charge in [0.05, 0.1) is 17.3 Å². The number of hydrogen-bond acceptors (Lipinski definition) is 5. The van der Waals surface area contributed by atoms with E-state index >= 15 is 0 Å². The summed E-state index contributed by atoms with van der Waals surface area (Å²) in [6.07, 6.45) is -0.599. The van der Waals surface area contributed by atoms with Crippen molar-refractivity contribution in [1.82, 2.24) is 9.97 Å². The van der Waals surface area contributed by atoms with Crippen LogP contribution >= 0.6 is 11.6 Å². The molecule has 1 amide bonds. The molecule has 0 spiro atoms. The first kappa shape index (κ1) is 21.6. The predicted molar refractivity (Wildman–Crippen MR) is 110 cm³/mol. The Kier molecular flexibility index (Phi) is 6.30. The minimum atomic E-state index is -0.707. The number of halogens is 1. The molecule has 0 unspecified atom stereocenters. The van der Waals surface area contributed by atoms with Crippen molar-refractivity contribution in [3.63, 3.8) is 0 Å². The molecule has 0 aliphatic carbocycles. The second-order valence-corrected chi connectivity index (χ2v) is 8.29. The van der Waals surface area contributed by atoms with Crippen LogP contribution in [-0.4, -0.2) is 21.7 Å². The van der Waals surface area contributed by atoms with E-state index in [0.29, 0.717) is 22.8 Å². The minimum absolute atomic E-state index is 0.0393. The summed E-state index contributed by atoms with van der Waals surface area (Å²) >= 11 is 6.13. The van der Waals surface area contributed by atoms with Gasteiger partial charge in [-0.3, -0.25) is 0 Å². The molecule has 2 aromatic rings. The normalized spacial score (nSPS) is 11.3. The second-order valence-electron chi connectivity index (χ2n) is 7.95.